The molecule has 2 aliphatic rings. The van der Waals surface area contributed by atoms with Crippen LogP contribution in [0.4, 0.5) is 0 Å². The lowest BCUT2D eigenvalue weighted by Gasteiger charge is -2.34. The van der Waals surface area contributed by atoms with Crippen molar-refractivity contribution in [2.24, 2.45) is 11.8 Å². The lowest BCUT2D eigenvalue weighted by Crippen LogP contribution is -2.39. The Kier molecular flexibility index (Phi) is 3.47. The van der Waals surface area contributed by atoms with Gasteiger partial charge < -0.3 is 14.4 Å². The van der Waals surface area contributed by atoms with Gasteiger partial charge in [0.1, 0.15) is 11.5 Å². The molecule has 1 N–H and O–H groups in total. The molecule has 0 radical (unpaired) electrons. The molecule has 3 atom stereocenters. The summed E-state index contributed by atoms with van der Waals surface area (Å²) in [6, 6.07) is 9.20. The Labute approximate surface area is 139 Å². The topological polar surface area (TPSA) is 53.7 Å². The maximum absolute atomic E-state index is 12.8. The van der Waals surface area contributed by atoms with Gasteiger partial charge in [0.15, 0.2) is 0 Å². The number of amides is 1. The van der Waals surface area contributed by atoms with E-state index in [-0.39, 0.29) is 17.9 Å². The summed E-state index contributed by atoms with van der Waals surface area (Å²) in [5.41, 5.74) is 1.36. The quantitative estimate of drug-likeness (QED) is 0.918. The van der Waals surface area contributed by atoms with Crippen LogP contribution in [0, 0.1) is 18.8 Å². The molecule has 2 heterocycles. The number of carbonyl (C=O) groups excluding carboxylic acids is 1. The maximum atomic E-state index is 12.8. The average molecular weight is 332 g/mol. The Morgan fingerprint density at radius 1 is 1.35 bits per heavy atom. The van der Waals surface area contributed by atoms with Gasteiger partial charge in [0.2, 0.25) is 0 Å². The second-order valence-corrected chi connectivity index (χ2v) is 6.90. The number of likely N-dealkylation sites (tertiary alicyclic amines) is 1. The zero-order valence-electron chi connectivity index (χ0n) is 12.8. The molecule has 1 amide bonds. The van der Waals surface area contributed by atoms with Gasteiger partial charge in [0.25, 0.3) is 5.91 Å². The van der Waals surface area contributed by atoms with Crippen LogP contribution < -0.4 is 0 Å². The van der Waals surface area contributed by atoms with Crippen LogP contribution in [-0.4, -0.2) is 35.1 Å². The van der Waals surface area contributed by atoms with E-state index in [0.29, 0.717) is 34.6 Å². The van der Waals surface area contributed by atoms with Crippen molar-refractivity contribution in [2.45, 2.75) is 19.4 Å². The SMILES string of the molecule is Cc1oc(-c2ccccc2Cl)cc1C(=O)N1C[C@H]2C[C@H](O)[C@H]2C1. The first kappa shape index (κ1) is 14.8. The number of halogens is 1. The lowest BCUT2D eigenvalue weighted by molar-refractivity contribution is -0.00427. The number of hydrogen-bond donors (Lipinski definition) is 1. The van der Waals surface area contributed by atoms with Gasteiger partial charge in [0, 0.05) is 24.6 Å². The molecule has 1 saturated heterocycles. The molecule has 1 saturated carbocycles. The van der Waals surface area contributed by atoms with Crippen molar-refractivity contribution in [3.8, 4) is 11.3 Å². The summed E-state index contributed by atoms with van der Waals surface area (Å²) >= 11 is 6.21. The van der Waals surface area contributed by atoms with Crippen LogP contribution >= 0.6 is 11.6 Å². The predicted molar refractivity (Wildman–Crippen MR) is 87.4 cm³/mol. The van der Waals surface area contributed by atoms with Crippen molar-refractivity contribution < 1.29 is 14.3 Å². The first-order valence-corrected chi connectivity index (χ1v) is 8.25. The number of fused-ring (bicyclic) bond motifs is 1. The molecule has 5 heteroatoms. The Bertz CT molecular complexity index is 769. The largest absolute Gasteiger partial charge is 0.460 e. The van der Waals surface area contributed by atoms with E-state index in [4.69, 9.17) is 16.0 Å². The standard InChI is InChI=1S/C18H18ClNO3/c1-10-13(7-17(23-10)12-4-2-3-5-15(12)19)18(22)20-8-11-6-16(21)14(11)9-20/h2-5,7,11,14,16,21H,6,8-9H2,1H3/t11-,14+,16+/m1/s1. The van der Waals surface area contributed by atoms with Crippen LogP contribution in [0.1, 0.15) is 22.5 Å². The zero-order chi connectivity index (χ0) is 16.1. The molecule has 2 fully saturated rings. The molecular weight excluding hydrogens is 314 g/mol. The van der Waals surface area contributed by atoms with Crippen LogP contribution in [0.2, 0.25) is 5.02 Å². The number of aryl methyl sites for hydroxylation is 1. The molecule has 1 aliphatic carbocycles. The van der Waals surface area contributed by atoms with E-state index in [0.717, 1.165) is 18.5 Å². The van der Waals surface area contributed by atoms with Crippen LogP contribution in [0.5, 0.6) is 0 Å². The van der Waals surface area contributed by atoms with Crippen molar-refractivity contribution in [3.05, 3.63) is 46.7 Å². The van der Waals surface area contributed by atoms with Gasteiger partial charge in [-0.3, -0.25) is 4.79 Å². The van der Waals surface area contributed by atoms with Crippen molar-refractivity contribution in [1.29, 1.82) is 0 Å². The minimum Gasteiger partial charge on any atom is -0.460 e. The highest BCUT2D eigenvalue weighted by molar-refractivity contribution is 6.33. The number of rotatable bonds is 2. The number of benzene rings is 1. The van der Waals surface area contributed by atoms with E-state index in [1.165, 1.54) is 0 Å². The van der Waals surface area contributed by atoms with Gasteiger partial charge in [-0.2, -0.15) is 0 Å². The second-order valence-electron chi connectivity index (χ2n) is 6.50. The lowest BCUT2D eigenvalue weighted by atomic mass is 9.74. The molecule has 1 aromatic carbocycles. The van der Waals surface area contributed by atoms with E-state index in [1.807, 2.05) is 23.1 Å². The molecule has 2 aromatic rings. The fraction of sp³-hybridized carbons (Fsp3) is 0.389. The average Bonchev–Trinajstić information content (AvgIpc) is 3.07. The van der Waals surface area contributed by atoms with Gasteiger partial charge in [-0.05, 0) is 37.5 Å². The van der Waals surface area contributed by atoms with Crippen LogP contribution in [0.15, 0.2) is 34.7 Å². The Morgan fingerprint density at radius 3 is 2.83 bits per heavy atom. The van der Waals surface area contributed by atoms with Crippen molar-refractivity contribution in [1.82, 2.24) is 4.90 Å². The zero-order valence-corrected chi connectivity index (χ0v) is 13.6. The number of carbonyl (C=O) groups is 1. The minimum absolute atomic E-state index is 0.0221. The molecule has 23 heavy (non-hydrogen) atoms. The summed E-state index contributed by atoms with van der Waals surface area (Å²) in [6.07, 6.45) is 0.561. The van der Waals surface area contributed by atoms with E-state index >= 15 is 0 Å². The Morgan fingerprint density at radius 2 is 2.13 bits per heavy atom. The molecular formula is C18H18ClNO3. The van der Waals surface area contributed by atoms with Crippen LogP contribution in [0.25, 0.3) is 11.3 Å². The van der Waals surface area contributed by atoms with Crippen LogP contribution in [-0.2, 0) is 0 Å². The number of hydrogen-bond acceptors (Lipinski definition) is 3. The summed E-state index contributed by atoms with van der Waals surface area (Å²) in [5.74, 6) is 1.88. The summed E-state index contributed by atoms with van der Waals surface area (Å²) in [6.45, 7) is 3.16. The third-order valence-corrected chi connectivity index (χ3v) is 5.43. The molecule has 4 nitrogen and oxygen atoms in total. The Hall–Kier alpha value is -1.78. The minimum atomic E-state index is -0.248. The van der Waals surface area contributed by atoms with Crippen molar-refractivity contribution in [2.75, 3.05) is 13.1 Å². The van der Waals surface area contributed by atoms with E-state index in [2.05, 4.69) is 0 Å². The first-order valence-electron chi connectivity index (χ1n) is 7.87. The molecule has 0 unspecified atom stereocenters. The number of furan rings is 1. The monoisotopic (exact) mass is 331 g/mol. The molecule has 1 aromatic heterocycles. The summed E-state index contributed by atoms with van der Waals surface area (Å²) in [5, 5.41) is 10.4. The van der Waals surface area contributed by atoms with Gasteiger partial charge in [-0.15, -0.1) is 0 Å². The molecule has 1 aliphatic heterocycles. The molecule has 120 valence electrons. The summed E-state index contributed by atoms with van der Waals surface area (Å²) < 4.78 is 5.77. The van der Waals surface area contributed by atoms with Gasteiger partial charge in [0.05, 0.1) is 16.7 Å². The smallest absolute Gasteiger partial charge is 0.257 e. The maximum Gasteiger partial charge on any atom is 0.257 e. The van der Waals surface area contributed by atoms with Crippen molar-refractivity contribution >= 4 is 17.5 Å². The van der Waals surface area contributed by atoms with E-state index in [9.17, 15) is 9.90 Å². The highest BCUT2D eigenvalue weighted by atomic mass is 35.5. The summed E-state index contributed by atoms with van der Waals surface area (Å²) in [4.78, 5) is 14.6. The number of nitrogens with zero attached hydrogens (tertiary/aromatic N) is 1. The third-order valence-electron chi connectivity index (χ3n) is 5.10. The third kappa shape index (κ3) is 2.37. The molecule has 0 bridgehead atoms. The van der Waals surface area contributed by atoms with Crippen molar-refractivity contribution in [3.63, 3.8) is 0 Å². The molecule has 4 rings (SSSR count). The normalized spacial score (nSPS) is 26.0. The number of aliphatic hydroxyl groups excluding tert-OH is 1. The van der Waals surface area contributed by atoms with E-state index in [1.54, 1.807) is 19.1 Å². The summed E-state index contributed by atoms with van der Waals surface area (Å²) in [7, 11) is 0. The van der Waals surface area contributed by atoms with Gasteiger partial charge in [-0.25, -0.2) is 0 Å². The van der Waals surface area contributed by atoms with Crippen LogP contribution in [0.3, 0.4) is 0 Å². The predicted octanol–water partition coefficient (Wildman–Crippen LogP) is 3.36. The first-order chi connectivity index (χ1) is 11.0. The van der Waals surface area contributed by atoms with Gasteiger partial charge >= 0.3 is 0 Å². The Balaban J connectivity index is 1.60. The highest BCUT2D eigenvalue weighted by Gasteiger charge is 2.47. The second kappa shape index (κ2) is 5.39. The fourth-order valence-corrected chi connectivity index (χ4v) is 3.92. The van der Waals surface area contributed by atoms with E-state index < -0.39 is 0 Å². The molecule has 0 spiro atoms. The fourth-order valence-electron chi connectivity index (χ4n) is 3.70. The van der Waals surface area contributed by atoms with Gasteiger partial charge in [-0.1, -0.05) is 23.7 Å². The highest BCUT2D eigenvalue weighted by Crippen LogP contribution is 2.41. The number of aliphatic hydroxyl groups is 1.